The Bertz CT molecular complexity index is 3540. The fourth-order valence-corrected chi connectivity index (χ4v) is 9.57. The first-order valence-corrected chi connectivity index (χ1v) is 28.7. The van der Waals surface area contributed by atoms with Crippen molar-refractivity contribution in [3.8, 4) is 28.7 Å². The van der Waals surface area contributed by atoms with Crippen molar-refractivity contribution in [1.82, 2.24) is 0 Å². The third-order valence-electron chi connectivity index (χ3n) is 11.3. The van der Waals surface area contributed by atoms with Crippen LogP contribution in [0.5, 0.6) is 28.7 Å². The number of halogens is 3. The predicted octanol–water partition coefficient (Wildman–Crippen LogP) is 14.1. The number of thiol groups is 1. The highest BCUT2D eigenvalue weighted by atomic mass is 32.2. The zero-order valence-electron chi connectivity index (χ0n) is 45.3. The Kier molecular flexibility index (Phi) is 27.1. The molecule has 14 nitrogen and oxygen atoms in total. The molecule has 0 aromatic heterocycles. The van der Waals surface area contributed by atoms with Gasteiger partial charge in [0.1, 0.15) is 46.2 Å². The van der Waals surface area contributed by atoms with Crippen LogP contribution in [0.2, 0.25) is 0 Å². The van der Waals surface area contributed by atoms with Crippen molar-refractivity contribution in [2.45, 2.75) is 69.9 Å². The summed E-state index contributed by atoms with van der Waals surface area (Å²) < 4.78 is 83.1. The molecule has 3 aliphatic rings. The van der Waals surface area contributed by atoms with Crippen LogP contribution in [0.15, 0.2) is 219 Å². The summed E-state index contributed by atoms with van der Waals surface area (Å²) in [5.41, 5.74) is 1.64. The van der Waals surface area contributed by atoms with Crippen molar-refractivity contribution in [3.63, 3.8) is 0 Å². The molecule has 438 valence electrons. The number of aromatic hydroxyl groups is 1. The number of phenolic OH excluding ortho intramolecular Hbond substituents is 1. The van der Waals surface area contributed by atoms with Crippen LogP contribution >= 0.6 is 24.4 Å². The Balaban J connectivity index is 0.000000186. The molecule has 0 amide bonds. The SMILES string of the molecule is CCCC(=O)O.O=C(O)CCOc1cccc(F)c1.O=C1CCOc2cc(F)ccc21.O=C1CCOc2cc(S(=O)(=O)c3ccccc3)ccc21.O=C1CCOc2cc(Sc3ccccc3)ccc21.Oc1cccc(F)c1.Sc1ccccc1. The van der Waals surface area contributed by atoms with E-state index in [1.165, 1.54) is 77.7 Å². The van der Waals surface area contributed by atoms with Gasteiger partial charge in [-0.05, 0) is 116 Å². The molecule has 8 aromatic carbocycles. The molecule has 0 bridgehead atoms. The van der Waals surface area contributed by atoms with E-state index in [1.54, 1.807) is 48.2 Å². The maximum atomic E-state index is 12.6. The van der Waals surface area contributed by atoms with Crippen LogP contribution in [-0.2, 0) is 19.4 Å². The van der Waals surface area contributed by atoms with Crippen LogP contribution in [-0.4, -0.2) is 79.5 Å². The first-order valence-electron chi connectivity index (χ1n) is 25.9. The molecular formula is C64H59F3O14S3. The van der Waals surface area contributed by atoms with E-state index in [-0.39, 0.29) is 51.7 Å². The third-order valence-corrected chi connectivity index (χ3v) is 14.3. The quantitative estimate of drug-likeness (QED) is 0.0937. The minimum atomic E-state index is -3.58. The molecule has 0 aliphatic carbocycles. The summed E-state index contributed by atoms with van der Waals surface area (Å²) in [4.78, 5) is 57.9. The van der Waals surface area contributed by atoms with E-state index in [0.717, 1.165) is 22.3 Å². The highest BCUT2D eigenvalue weighted by molar-refractivity contribution is 7.99. The number of hydrogen-bond acceptors (Lipinski definition) is 14. The topological polar surface area (TPSA) is 217 Å². The summed E-state index contributed by atoms with van der Waals surface area (Å²) in [7, 11) is -3.58. The number of Topliss-reactive ketones (excluding diaryl/α,β-unsaturated/α-hetero) is 3. The molecule has 0 radical (unpaired) electrons. The molecule has 8 aromatic rings. The first kappa shape index (κ1) is 66.0. The van der Waals surface area contributed by atoms with Gasteiger partial charge < -0.3 is 34.3 Å². The fourth-order valence-electron chi connectivity index (χ4n) is 7.24. The lowest BCUT2D eigenvalue weighted by Crippen LogP contribution is -2.16. The number of benzene rings is 8. The third kappa shape index (κ3) is 22.8. The molecule has 3 N–H and O–H groups in total. The van der Waals surface area contributed by atoms with Crippen molar-refractivity contribution in [2.24, 2.45) is 0 Å². The Morgan fingerprint density at radius 1 is 0.524 bits per heavy atom. The number of hydrogen-bond donors (Lipinski definition) is 4. The monoisotopic (exact) mass is 1200 g/mol. The minimum Gasteiger partial charge on any atom is -0.508 e. The number of fused-ring (bicyclic) bond motifs is 3. The molecule has 0 unspecified atom stereocenters. The second-order valence-electron chi connectivity index (χ2n) is 17.7. The van der Waals surface area contributed by atoms with E-state index in [0.29, 0.717) is 85.2 Å². The van der Waals surface area contributed by atoms with E-state index in [4.69, 9.17) is 34.3 Å². The molecule has 3 heterocycles. The summed E-state index contributed by atoms with van der Waals surface area (Å²) in [6, 6.07) is 53.1. The Hall–Kier alpha value is -8.85. The van der Waals surface area contributed by atoms with Gasteiger partial charge in [-0.15, -0.1) is 12.6 Å². The number of ketones is 3. The van der Waals surface area contributed by atoms with E-state index in [2.05, 4.69) is 24.8 Å². The van der Waals surface area contributed by atoms with Gasteiger partial charge in [0.05, 0.1) is 59.3 Å². The van der Waals surface area contributed by atoms with E-state index in [9.17, 15) is 45.6 Å². The lowest BCUT2D eigenvalue weighted by atomic mass is 10.1. The molecular weight excluding hydrogens is 1150 g/mol. The lowest BCUT2D eigenvalue weighted by molar-refractivity contribution is -0.138. The summed E-state index contributed by atoms with van der Waals surface area (Å²) in [6.07, 6.45) is 2.14. The van der Waals surface area contributed by atoms with Gasteiger partial charge in [-0.25, -0.2) is 21.6 Å². The van der Waals surface area contributed by atoms with Gasteiger partial charge >= 0.3 is 11.9 Å². The highest BCUT2D eigenvalue weighted by Crippen LogP contribution is 2.34. The number of carboxylic acid groups (broad SMARTS) is 2. The van der Waals surface area contributed by atoms with Crippen molar-refractivity contribution >= 4 is 63.5 Å². The standard InChI is InChI=1S/C15H12O4S.C15H12O2S.C9H9FO3.C9H7FO2.C6H5FO.C6H6S.C4H8O2/c16-14-8-9-19-15-10-12(6-7-13(14)15)20(17,18)11-4-2-1-3-5-11;16-14-8-9-17-15-10-12(6-7-13(14)15)18-11-4-2-1-3-5-11;10-7-2-1-3-8(6-7)13-5-4-9(11)12;10-6-1-2-7-8(11)3-4-12-9(7)5-6;7-5-2-1-3-6(8)4-5;7-6-4-2-1-3-5-6;1-2-3-4(5)6/h1-7,10H,8-9H2;1-7,10H,8-9H2;1-3,6H,4-5H2,(H,11,12);1-2,5H,3-4H2;1-4,8H;1-5,7H;2-3H2,1H3,(H,5,6). The average molecular weight is 1210 g/mol. The molecule has 84 heavy (non-hydrogen) atoms. The lowest BCUT2D eigenvalue weighted by Gasteiger charge is -2.17. The number of carbonyl (C=O) groups is 5. The van der Waals surface area contributed by atoms with E-state index in [1.807, 2.05) is 73.7 Å². The van der Waals surface area contributed by atoms with Crippen molar-refractivity contribution in [1.29, 1.82) is 0 Å². The number of rotatable bonds is 10. The van der Waals surface area contributed by atoms with Gasteiger partial charge in [0.2, 0.25) is 9.84 Å². The predicted molar refractivity (Wildman–Crippen MR) is 314 cm³/mol. The smallest absolute Gasteiger partial charge is 0.306 e. The van der Waals surface area contributed by atoms with Gasteiger partial charge in [0.25, 0.3) is 0 Å². The van der Waals surface area contributed by atoms with Gasteiger partial charge in [0, 0.05) is 58.6 Å². The van der Waals surface area contributed by atoms with Gasteiger partial charge in [-0.1, -0.05) is 85.4 Å². The zero-order chi connectivity index (χ0) is 60.9. The second-order valence-corrected chi connectivity index (χ2v) is 21.3. The molecule has 20 heteroatoms. The molecule has 0 saturated heterocycles. The number of phenols is 1. The number of carbonyl (C=O) groups excluding carboxylic acids is 3. The fraction of sp³-hybridized carbons (Fsp3) is 0.172. The van der Waals surface area contributed by atoms with Crippen molar-refractivity contribution in [2.75, 3.05) is 26.4 Å². The van der Waals surface area contributed by atoms with E-state index < -0.39 is 33.4 Å². The Labute approximate surface area is 494 Å². The van der Waals surface area contributed by atoms with Gasteiger partial charge in [0.15, 0.2) is 17.3 Å². The van der Waals surface area contributed by atoms with Crippen LogP contribution in [0, 0.1) is 17.5 Å². The van der Waals surface area contributed by atoms with Crippen LogP contribution in [0.1, 0.15) is 76.5 Å². The van der Waals surface area contributed by atoms with Crippen LogP contribution in [0.25, 0.3) is 0 Å². The Morgan fingerprint density at radius 3 is 1.48 bits per heavy atom. The normalized spacial score (nSPS) is 12.3. The number of sulfone groups is 1. The molecule has 11 rings (SSSR count). The second kappa shape index (κ2) is 34.6. The molecule has 0 atom stereocenters. The maximum Gasteiger partial charge on any atom is 0.306 e. The summed E-state index contributed by atoms with van der Waals surface area (Å²) in [5.74, 6) is -0.906. The van der Waals surface area contributed by atoms with Crippen LogP contribution in [0.3, 0.4) is 0 Å². The van der Waals surface area contributed by atoms with Crippen molar-refractivity contribution in [3.05, 3.63) is 228 Å². The summed E-state index contributed by atoms with van der Waals surface area (Å²) in [5, 5.41) is 24.8. The van der Waals surface area contributed by atoms with Crippen LogP contribution < -0.4 is 18.9 Å². The van der Waals surface area contributed by atoms with E-state index >= 15 is 0 Å². The summed E-state index contributed by atoms with van der Waals surface area (Å²) in [6.45, 7) is 3.04. The zero-order valence-corrected chi connectivity index (χ0v) is 47.8. The largest absolute Gasteiger partial charge is 0.508 e. The number of carboxylic acids is 2. The molecule has 0 saturated carbocycles. The molecule has 0 spiro atoms. The molecule has 3 aliphatic heterocycles. The minimum absolute atomic E-state index is 0.0186. The summed E-state index contributed by atoms with van der Waals surface area (Å²) >= 11 is 5.75. The van der Waals surface area contributed by atoms with Crippen LogP contribution in [0.4, 0.5) is 13.2 Å². The first-order chi connectivity index (χ1) is 40.3. The van der Waals surface area contributed by atoms with Gasteiger partial charge in [-0.3, -0.25) is 24.0 Å². The molecule has 0 fully saturated rings. The average Bonchev–Trinajstić information content (AvgIpc) is 2.54. The number of ether oxygens (including phenoxy) is 4. The van der Waals surface area contributed by atoms with Crippen molar-refractivity contribution < 1.29 is 79.8 Å². The Morgan fingerprint density at radius 2 is 1.00 bits per heavy atom. The van der Waals surface area contributed by atoms with Gasteiger partial charge in [-0.2, -0.15) is 0 Å². The number of aliphatic carboxylic acids is 2. The highest BCUT2D eigenvalue weighted by Gasteiger charge is 2.24. The maximum absolute atomic E-state index is 12.6.